The first kappa shape index (κ1) is 14.9. The molecule has 0 aliphatic heterocycles. The van der Waals surface area contributed by atoms with Crippen LogP contribution in [0.15, 0.2) is 23.5 Å². The largest absolute Gasteiger partial charge is 0.409 e. The monoisotopic (exact) mass is 264 g/mol. The molecule has 0 spiro atoms. The zero-order valence-electron chi connectivity index (χ0n) is 11.5. The molecular formula is C13H20N4O2. The van der Waals surface area contributed by atoms with Crippen molar-refractivity contribution in [1.82, 2.24) is 10.3 Å². The van der Waals surface area contributed by atoms with E-state index in [0.29, 0.717) is 13.0 Å². The van der Waals surface area contributed by atoms with E-state index in [2.05, 4.69) is 15.5 Å². The van der Waals surface area contributed by atoms with Crippen LogP contribution in [0.3, 0.4) is 0 Å². The smallest absolute Gasteiger partial charge is 0.233 e. The number of pyridine rings is 1. The molecule has 1 atom stereocenters. The number of oxime groups is 1. The second kappa shape index (κ2) is 6.17. The van der Waals surface area contributed by atoms with Gasteiger partial charge in [0.1, 0.15) is 5.41 Å². The van der Waals surface area contributed by atoms with Crippen LogP contribution >= 0.6 is 0 Å². The predicted molar refractivity (Wildman–Crippen MR) is 72.6 cm³/mol. The molecule has 6 nitrogen and oxygen atoms in total. The van der Waals surface area contributed by atoms with Crippen molar-refractivity contribution in [3.8, 4) is 0 Å². The molecule has 1 amide bonds. The molecule has 0 aliphatic carbocycles. The topological polar surface area (TPSA) is 101 Å². The van der Waals surface area contributed by atoms with Crippen LogP contribution < -0.4 is 11.1 Å². The highest BCUT2D eigenvalue weighted by Crippen LogP contribution is 2.21. The minimum absolute atomic E-state index is 0.0884. The molecule has 4 N–H and O–H groups in total. The highest BCUT2D eigenvalue weighted by molar-refractivity contribution is 6.06. The second-order valence-corrected chi connectivity index (χ2v) is 4.66. The highest BCUT2D eigenvalue weighted by Gasteiger charge is 2.36. The van der Waals surface area contributed by atoms with Crippen LogP contribution in [0.4, 0.5) is 0 Å². The van der Waals surface area contributed by atoms with Crippen LogP contribution in [0.25, 0.3) is 0 Å². The molecule has 0 saturated carbocycles. The number of carbonyl (C=O) groups excluding carboxylic acids is 1. The molecular weight excluding hydrogens is 244 g/mol. The van der Waals surface area contributed by atoms with Crippen LogP contribution in [0.1, 0.15) is 31.5 Å². The van der Waals surface area contributed by atoms with Gasteiger partial charge in [-0.05, 0) is 31.9 Å². The van der Waals surface area contributed by atoms with Crippen molar-refractivity contribution in [2.45, 2.75) is 33.7 Å². The van der Waals surface area contributed by atoms with Crippen LogP contribution in [0.5, 0.6) is 0 Å². The summed E-state index contributed by atoms with van der Waals surface area (Å²) in [6.07, 6.45) is 2.16. The molecule has 1 aromatic rings. The first-order valence-corrected chi connectivity index (χ1v) is 6.12. The molecule has 104 valence electrons. The SMILES string of the molecule is CCC(C)(C(=O)NCc1ccc(C)nc1)/C(N)=N/O. The summed E-state index contributed by atoms with van der Waals surface area (Å²) in [5.41, 5.74) is 6.39. The molecule has 0 bridgehead atoms. The van der Waals surface area contributed by atoms with Gasteiger partial charge in [-0.15, -0.1) is 0 Å². The third kappa shape index (κ3) is 3.43. The Morgan fingerprint density at radius 3 is 2.74 bits per heavy atom. The third-order valence-corrected chi connectivity index (χ3v) is 3.31. The number of nitrogens with two attached hydrogens (primary N) is 1. The maximum atomic E-state index is 12.1. The van der Waals surface area contributed by atoms with Crippen LogP contribution in [0, 0.1) is 12.3 Å². The van der Waals surface area contributed by atoms with E-state index >= 15 is 0 Å². The lowest BCUT2D eigenvalue weighted by atomic mass is 9.85. The number of nitrogens with zero attached hydrogens (tertiary/aromatic N) is 2. The van der Waals surface area contributed by atoms with Crippen molar-refractivity contribution in [1.29, 1.82) is 0 Å². The predicted octanol–water partition coefficient (Wildman–Crippen LogP) is 1.17. The Morgan fingerprint density at radius 1 is 1.58 bits per heavy atom. The van der Waals surface area contributed by atoms with Crippen LogP contribution in [0.2, 0.25) is 0 Å². The lowest BCUT2D eigenvalue weighted by Crippen LogP contribution is -2.47. The summed E-state index contributed by atoms with van der Waals surface area (Å²) in [7, 11) is 0. The van der Waals surface area contributed by atoms with E-state index in [4.69, 9.17) is 10.9 Å². The molecule has 0 saturated heterocycles. The minimum Gasteiger partial charge on any atom is -0.409 e. The number of carbonyl (C=O) groups is 1. The van der Waals surface area contributed by atoms with Gasteiger partial charge in [0.15, 0.2) is 5.84 Å². The number of hydrogen-bond acceptors (Lipinski definition) is 4. The quantitative estimate of drug-likeness (QED) is 0.321. The van der Waals surface area contributed by atoms with E-state index in [9.17, 15) is 4.79 Å². The number of nitrogens with one attached hydrogen (secondary N) is 1. The Hall–Kier alpha value is -2.11. The summed E-state index contributed by atoms with van der Waals surface area (Å²) in [5.74, 6) is -0.361. The van der Waals surface area contributed by atoms with Crippen molar-refractivity contribution in [3.63, 3.8) is 0 Å². The first-order chi connectivity index (χ1) is 8.93. The molecule has 0 aliphatic rings. The average Bonchev–Trinajstić information content (AvgIpc) is 2.44. The minimum atomic E-state index is -1.01. The summed E-state index contributed by atoms with van der Waals surface area (Å²) in [5, 5.41) is 14.5. The summed E-state index contributed by atoms with van der Waals surface area (Å²) in [6.45, 7) is 5.71. The van der Waals surface area contributed by atoms with Crippen molar-refractivity contribution in [2.24, 2.45) is 16.3 Å². The van der Waals surface area contributed by atoms with Crippen LogP contribution in [-0.4, -0.2) is 21.9 Å². The summed E-state index contributed by atoms with van der Waals surface area (Å²) >= 11 is 0. The molecule has 6 heteroatoms. The number of aryl methyl sites for hydroxylation is 1. The first-order valence-electron chi connectivity index (χ1n) is 6.12. The number of aromatic nitrogens is 1. The van der Waals surface area contributed by atoms with Crippen molar-refractivity contribution in [3.05, 3.63) is 29.6 Å². The van der Waals surface area contributed by atoms with Gasteiger partial charge in [0, 0.05) is 18.4 Å². The fourth-order valence-corrected chi connectivity index (χ4v) is 1.55. The molecule has 0 aromatic carbocycles. The Kier molecular flexibility index (Phi) is 4.86. The van der Waals surface area contributed by atoms with E-state index in [1.807, 2.05) is 26.0 Å². The van der Waals surface area contributed by atoms with Crippen molar-refractivity contribution < 1.29 is 10.0 Å². The highest BCUT2D eigenvalue weighted by atomic mass is 16.4. The maximum Gasteiger partial charge on any atom is 0.233 e. The van der Waals surface area contributed by atoms with Crippen molar-refractivity contribution in [2.75, 3.05) is 0 Å². The molecule has 0 fully saturated rings. The third-order valence-electron chi connectivity index (χ3n) is 3.31. The maximum absolute atomic E-state index is 12.1. The van der Waals surface area contributed by atoms with Gasteiger partial charge >= 0.3 is 0 Å². The van der Waals surface area contributed by atoms with Gasteiger partial charge in [-0.2, -0.15) is 0 Å². The molecule has 1 rings (SSSR count). The standard InChI is InChI=1S/C13H20N4O2/c1-4-13(3,11(14)17-19)12(18)16-8-10-6-5-9(2)15-7-10/h5-7,19H,4,8H2,1-3H3,(H2,14,17)(H,16,18). The van der Waals surface area contributed by atoms with E-state index in [1.54, 1.807) is 13.1 Å². The number of amides is 1. The van der Waals surface area contributed by atoms with E-state index in [-0.39, 0.29) is 11.7 Å². The normalized spacial score (nSPS) is 14.8. The van der Waals surface area contributed by atoms with Crippen LogP contribution in [-0.2, 0) is 11.3 Å². The fourth-order valence-electron chi connectivity index (χ4n) is 1.55. The Bertz CT molecular complexity index is 470. The molecule has 1 unspecified atom stereocenters. The van der Waals surface area contributed by atoms with Gasteiger partial charge in [0.05, 0.1) is 0 Å². The second-order valence-electron chi connectivity index (χ2n) is 4.66. The van der Waals surface area contributed by atoms with Gasteiger partial charge in [-0.1, -0.05) is 18.1 Å². The molecule has 1 aromatic heterocycles. The van der Waals surface area contributed by atoms with E-state index in [0.717, 1.165) is 11.3 Å². The van der Waals surface area contributed by atoms with Gasteiger partial charge in [-0.25, -0.2) is 0 Å². The average molecular weight is 264 g/mol. The Labute approximate surface area is 112 Å². The Morgan fingerprint density at radius 2 is 2.26 bits per heavy atom. The van der Waals surface area contributed by atoms with Crippen molar-refractivity contribution >= 4 is 11.7 Å². The summed E-state index contributed by atoms with van der Waals surface area (Å²) in [6, 6.07) is 3.78. The van der Waals surface area contributed by atoms with Gasteiger partial charge < -0.3 is 16.3 Å². The number of rotatable bonds is 5. The van der Waals surface area contributed by atoms with E-state index < -0.39 is 5.41 Å². The van der Waals surface area contributed by atoms with Gasteiger partial charge in [-0.3, -0.25) is 9.78 Å². The molecule has 1 heterocycles. The number of hydrogen-bond donors (Lipinski definition) is 3. The lowest BCUT2D eigenvalue weighted by molar-refractivity contribution is -0.127. The Balaban J connectivity index is 2.71. The summed E-state index contributed by atoms with van der Waals surface area (Å²) in [4.78, 5) is 16.3. The molecule has 0 radical (unpaired) electrons. The zero-order chi connectivity index (χ0) is 14.5. The summed E-state index contributed by atoms with van der Waals surface area (Å²) < 4.78 is 0. The zero-order valence-corrected chi connectivity index (χ0v) is 11.5. The van der Waals surface area contributed by atoms with Gasteiger partial charge in [0.2, 0.25) is 5.91 Å². The van der Waals surface area contributed by atoms with Gasteiger partial charge in [0.25, 0.3) is 0 Å². The fraction of sp³-hybridized carbons (Fsp3) is 0.462. The number of amidine groups is 1. The lowest BCUT2D eigenvalue weighted by Gasteiger charge is -2.25. The molecule has 19 heavy (non-hydrogen) atoms. The van der Waals surface area contributed by atoms with E-state index in [1.165, 1.54) is 0 Å².